The maximum atomic E-state index is 13.7. The molecule has 0 bridgehead atoms. The minimum absolute atomic E-state index is 0.0208. The summed E-state index contributed by atoms with van der Waals surface area (Å²) in [5, 5.41) is 25.2. The summed E-state index contributed by atoms with van der Waals surface area (Å²) in [7, 11) is 0. The summed E-state index contributed by atoms with van der Waals surface area (Å²) < 4.78 is 41.2. The number of alkyl halides is 3. The molecule has 0 unspecified atom stereocenters. The first-order chi connectivity index (χ1) is 12.5. The monoisotopic (exact) mass is 385 g/mol. The Morgan fingerprint density at radius 3 is 2.59 bits per heavy atom. The first-order valence-corrected chi connectivity index (χ1v) is 8.47. The fraction of sp³-hybridized carbons (Fsp3) is 0.529. The zero-order chi connectivity index (χ0) is 20.0. The van der Waals surface area contributed by atoms with Crippen molar-refractivity contribution < 1.29 is 28.0 Å². The number of fused-ring (bicyclic) bond motifs is 1. The van der Waals surface area contributed by atoms with Crippen molar-refractivity contribution in [2.24, 2.45) is 16.9 Å². The van der Waals surface area contributed by atoms with Gasteiger partial charge in [-0.2, -0.15) is 23.3 Å². The summed E-state index contributed by atoms with van der Waals surface area (Å²) in [5.41, 5.74) is -3.09. The molecule has 1 N–H and O–H groups in total. The van der Waals surface area contributed by atoms with Crippen LogP contribution in [0.2, 0.25) is 0 Å². The van der Waals surface area contributed by atoms with Crippen LogP contribution >= 0.6 is 0 Å². The number of halogens is 3. The normalized spacial score (nSPS) is 27.9. The van der Waals surface area contributed by atoms with Gasteiger partial charge in [-0.15, -0.1) is 0 Å². The molecule has 1 fully saturated rings. The number of non-ortho nitro benzene ring substituents is 1. The van der Waals surface area contributed by atoms with Gasteiger partial charge < -0.3 is 5.11 Å². The number of aliphatic hydroxyl groups is 1. The van der Waals surface area contributed by atoms with E-state index in [2.05, 4.69) is 5.10 Å². The Kier molecular flexibility index (Phi) is 4.71. The number of hydrazone groups is 1. The second kappa shape index (κ2) is 6.59. The van der Waals surface area contributed by atoms with Crippen molar-refractivity contribution in [3.05, 3.63) is 39.9 Å². The highest BCUT2D eigenvalue weighted by atomic mass is 19.4. The fourth-order valence-electron chi connectivity index (χ4n) is 3.64. The quantitative estimate of drug-likeness (QED) is 0.639. The number of carbonyl (C=O) groups is 1. The number of carbonyl (C=O) groups excluding carboxylic acids is 1. The molecule has 1 saturated carbocycles. The summed E-state index contributed by atoms with van der Waals surface area (Å²) in [6.07, 6.45) is -4.49. The first-order valence-electron chi connectivity index (χ1n) is 8.47. The molecule has 0 aromatic heterocycles. The summed E-state index contributed by atoms with van der Waals surface area (Å²) >= 11 is 0. The second-order valence-corrected chi connectivity index (χ2v) is 7.05. The van der Waals surface area contributed by atoms with Crippen molar-refractivity contribution in [1.29, 1.82) is 0 Å². The Hall–Kier alpha value is -2.49. The fourth-order valence-corrected chi connectivity index (χ4v) is 3.64. The van der Waals surface area contributed by atoms with E-state index < -0.39 is 35.1 Å². The van der Waals surface area contributed by atoms with Gasteiger partial charge in [0.1, 0.15) is 0 Å². The van der Waals surface area contributed by atoms with Crippen LogP contribution in [0.1, 0.15) is 31.7 Å². The van der Waals surface area contributed by atoms with E-state index in [4.69, 9.17) is 0 Å². The van der Waals surface area contributed by atoms with Gasteiger partial charge in [0.05, 0.1) is 17.3 Å². The highest BCUT2D eigenvalue weighted by molar-refractivity contribution is 5.93. The van der Waals surface area contributed by atoms with Gasteiger partial charge in [-0.05, 0) is 30.7 Å². The lowest BCUT2D eigenvalue weighted by Crippen LogP contribution is -2.62. The van der Waals surface area contributed by atoms with Gasteiger partial charge in [-0.25, -0.2) is 0 Å². The summed E-state index contributed by atoms with van der Waals surface area (Å²) in [6.45, 7) is 1.80. The zero-order valence-electron chi connectivity index (χ0n) is 14.4. The van der Waals surface area contributed by atoms with Crippen LogP contribution in [-0.4, -0.2) is 38.6 Å². The highest BCUT2D eigenvalue weighted by Gasteiger charge is 2.68. The van der Waals surface area contributed by atoms with Crippen LogP contribution in [-0.2, 0) is 11.2 Å². The van der Waals surface area contributed by atoms with Crippen LogP contribution in [0.25, 0.3) is 0 Å². The molecule has 146 valence electrons. The predicted octanol–water partition coefficient (Wildman–Crippen LogP) is 3.02. The molecule has 1 amide bonds. The van der Waals surface area contributed by atoms with Gasteiger partial charge in [0, 0.05) is 17.8 Å². The van der Waals surface area contributed by atoms with E-state index in [-0.39, 0.29) is 28.7 Å². The third-order valence-electron chi connectivity index (χ3n) is 5.13. The maximum Gasteiger partial charge on any atom is 0.439 e. The van der Waals surface area contributed by atoms with Crippen LogP contribution in [0, 0.1) is 22.0 Å². The first kappa shape index (κ1) is 19.3. The zero-order valence-corrected chi connectivity index (χ0v) is 14.4. The number of hydrogen-bond donors (Lipinski definition) is 1. The Morgan fingerprint density at radius 2 is 2.04 bits per heavy atom. The Morgan fingerprint density at radius 1 is 1.41 bits per heavy atom. The van der Waals surface area contributed by atoms with Gasteiger partial charge in [0.15, 0.2) is 0 Å². The highest BCUT2D eigenvalue weighted by Crippen LogP contribution is 2.49. The average molecular weight is 385 g/mol. The molecule has 3 rings (SSSR count). The third kappa shape index (κ3) is 3.29. The van der Waals surface area contributed by atoms with Gasteiger partial charge in [-0.1, -0.05) is 19.1 Å². The third-order valence-corrected chi connectivity index (χ3v) is 5.13. The smallest absolute Gasteiger partial charge is 0.362 e. The van der Waals surface area contributed by atoms with Crippen molar-refractivity contribution in [2.75, 3.05) is 0 Å². The number of amides is 1. The Balaban J connectivity index is 1.87. The van der Waals surface area contributed by atoms with Crippen LogP contribution in [0.15, 0.2) is 29.4 Å². The molecule has 0 saturated heterocycles. The average Bonchev–Trinajstić information content (AvgIpc) is 2.89. The van der Waals surface area contributed by atoms with E-state index in [1.54, 1.807) is 6.92 Å². The number of benzene rings is 1. The molecule has 1 aliphatic heterocycles. The largest absolute Gasteiger partial charge is 0.439 e. The molecule has 1 aromatic carbocycles. The minimum Gasteiger partial charge on any atom is -0.362 e. The Bertz CT molecular complexity index is 794. The maximum absolute atomic E-state index is 13.7. The standard InChI is InChI=1S/C17H18F3N3O4/c1-10-2-7-14-13(8-10)16(25,17(18,19)20)22(21-14)15(24)9-11-3-5-12(6-4-11)23(26)27/h3-6,10,13,25H,2,7-9H2,1H3/t10-,13+,16+/m1/s1. The van der Waals surface area contributed by atoms with E-state index in [1.807, 2.05) is 0 Å². The lowest BCUT2D eigenvalue weighted by Gasteiger charge is -2.39. The molecule has 2 aliphatic rings. The van der Waals surface area contributed by atoms with Crippen molar-refractivity contribution >= 4 is 17.3 Å². The SMILES string of the molecule is C[C@@H]1CCC2=NN(C(=O)Cc3ccc([N+](=O)[O-])cc3)[C@@](O)(C(F)(F)F)[C@H]2C1. The number of nitro groups is 1. The molecule has 0 radical (unpaired) electrons. The lowest BCUT2D eigenvalue weighted by molar-refractivity contribution is -0.384. The topological polar surface area (TPSA) is 96.0 Å². The van der Waals surface area contributed by atoms with Gasteiger partial charge in [0.2, 0.25) is 5.91 Å². The van der Waals surface area contributed by atoms with E-state index in [1.165, 1.54) is 12.1 Å². The molecule has 7 nitrogen and oxygen atoms in total. The summed E-state index contributed by atoms with van der Waals surface area (Å²) in [5.74, 6) is -2.31. The minimum atomic E-state index is -5.06. The summed E-state index contributed by atoms with van der Waals surface area (Å²) in [4.78, 5) is 22.6. The van der Waals surface area contributed by atoms with Gasteiger partial charge in [-0.3, -0.25) is 14.9 Å². The van der Waals surface area contributed by atoms with Crippen LogP contribution in [0.4, 0.5) is 18.9 Å². The van der Waals surface area contributed by atoms with Crippen molar-refractivity contribution in [2.45, 2.75) is 44.5 Å². The number of nitro benzene ring substituents is 1. The Labute approximate surface area is 152 Å². The van der Waals surface area contributed by atoms with E-state index in [9.17, 15) is 33.2 Å². The van der Waals surface area contributed by atoms with Crippen molar-refractivity contribution in [1.82, 2.24) is 5.01 Å². The van der Waals surface area contributed by atoms with Crippen LogP contribution < -0.4 is 0 Å². The van der Waals surface area contributed by atoms with E-state index >= 15 is 0 Å². The van der Waals surface area contributed by atoms with Crippen LogP contribution in [0.5, 0.6) is 0 Å². The molecule has 1 heterocycles. The van der Waals surface area contributed by atoms with Crippen molar-refractivity contribution in [3.63, 3.8) is 0 Å². The summed E-state index contributed by atoms with van der Waals surface area (Å²) in [6, 6.07) is 4.91. The van der Waals surface area contributed by atoms with Crippen LogP contribution in [0.3, 0.4) is 0 Å². The van der Waals surface area contributed by atoms with Gasteiger partial charge in [0.25, 0.3) is 11.4 Å². The molecule has 3 atom stereocenters. The predicted molar refractivity (Wildman–Crippen MR) is 88.6 cm³/mol. The number of rotatable bonds is 3. The molecule has 1 aromatic rings. The van der Waals surface area contributed by atoms with Crippen molar-refractivity contribution in [3.8, 4) is 0 Å². The molecular weight excluding hydrogens is 367 g/mol. The number of nitrogens with zero attached hydrogens (tertiary/aromatic N) is 3. The molecule has 10 heteroatoms. The second-order valence-electron chi connectivity index (χ2n) is 7.05. The van der Waals surface area contributed by atoms with Gasteiger partial charge >= 0.3 is 6.18 Å². The molecule has 1 aliphatic carbocycles. The van der Waals surface area contributed by atoms with E-state index in [0.29, 0.717) is 18.4 Å². The molecular formula is C17H18F3N3O4. The van der Waals surface area contributed by atoms with E-state index in [0.717, 1.165) is 12.1 Å². The molecule has 0 spiro atoms. The molecule has 27 heavy (non-hydrogen) atoms. The number of hydrogen-bond acceptors (Lipinski definition) is 5. The lowest BCUT2D eigenvalue weighted by atomic mass is 9.76.